The number of pyridine rings is 1. The summed E-state index contributed by atoms with van der Waals surface area (Å²) in [6.45, 7) is 0.616. The van der Waals surface area contributed by atoms with Crippen LogP contribution in [0, 0.1) is 5.92 Å². The number of nitrogens with one attached hydrogen (secondary N) is 1. The molecule has 2 atom stereocenters. The summed E-state index contributed by atoms with van der Waals surface area (Å²) in [5.41, 5.74) is 0.434. The van der Waals surface area contributed by atoms with Crippen molar-refractivity contribution in [2.24, 2.45) is 5.92 Å². The molecule has 120 valence electrons. The number of rotatable bonds is 3. The number of nitrogens with zero attached hydrogens (tertiary/aromatic N) is 2. The molecule has 2 fully saturated rings. The number of hydrogen-bond donors (Lipinski definition) is 2. The molecule has 1 aromatic rings. The number of amides is 1. The van der Waals surface area contributed by atoms with Crippen molar-refractivity contribution in [3.63, 3.8) is 0 Å². The predicted molar refractivity (Wildman–Crippen MR) is 86.0 cm³/mol. The van der Waals surface area contributed by atoms with Crippen molar-refractivity contribution in [3.8, 4) is 0 Å². The standard InChI is InChI=1S/C17H25N3O2/c1-18-17(22)14-8-5-9-16(19-14)20-11-13(21)10-15(20)12-6-3-2-4-7-12/h5,8-9,12-13,15,21H,2-4,6-7,10-11H2,1H3,(H,18,22)/t13-,15-/m0/s1. The van der Waals surface area contributed by atoms with Gasteiger partial charge in [-0.3, -0.25) is 4.79 Å². The molecular formula is C17H25N3O2. The highest BCUT2D eigenvalue weighted by atomic mass is 16.3. The first-order chi connectivity index (χ1) is 10.7. The highest BCUT2D eigenvalue weighted by Gasteiger charge is 2.37. The topological polar surface area (TPSA) is 65.5 Å². The van der Waals surface area contributed by atoms with Gasteiger partial charge in [-0.2, -0.15) is 0 Å². The van der Waals surface area contributed by atoms with Crippen LogP contribution in [0.25, 0.3) is 0 Å². The van der Waals surface area contributed by atoms with E-state index in [1.165, 1.54) is 32.1 Å². The quantitative estimate of drug-likeness (QED) is 0.896. The highest BCUT2D eigenvalue weighted by molar-refractivity contribution is 5.92. The fourth-order valence-electron chi connectivity index (χ4n) is 3.91. The fraction of sp³-hybridized carbons (Fsp3) is 0.647. The second-order valence-corrected chi connectivity index (χ2v) is 6.47. The van der Waals surface area contributed by atoms with Gasteiger partial charge >= 0.3 is 0 Å². The van der Waals surface area contributed by atoms with E-state index in [1.807, 2.05) is 12.1 Å². The van der Waals surface area contributed by atoms with Crippen LogP contribution in [0.15, 0.2) is 18.2 Å². The zero-order valence-corrected chi connectivity index (χ0v) is 13.2. The van der Waals surface area contributed by atoms with Crippen molar-refractivity contribution >= 4 is 11.7 Å². The van der Waals surface area contributed by atoms with Crippen LogP contribution in [0.3, 0.4) is 0 Å². The Kier molecular flexibility index (Phi) is 4.62. The zero-order chi connectivity index (χ0) is 15.5. The maximum Gasteiger partial charge on any atom is 0.269 e. The molecule has 3 rings (SSSR count). The number of hydrogen-bond acceptors (Lipinski definition) is 4. The van der Waals surface area contributed by atoms with Gasteiger partial charge in [0, 0.05) is 19.6 Å². The van der Waals surface area contributed by atoms with Gasteiger partial charge in [0.05, 0.1) is 6.10 Å². The van der Waals surface area contributed by atoms with E-state index in [4.69, 9.17) is 0 Å². The molecule has 1 aliphatic carbocycles. The molecule has 0 radical (unpaired) electrons. The summed E-state index contributed by atoms with van der Waals surface area (Å²) < 4.78 is 0. The smallest absolute Gasteiger partial charge is 0.269 e. The van der Waals surface area contributed by atoms with Crippen molar-refractivity contribution in [2.75, 3.05) is 18.5 Å². The maximum absolute atomic E-state index is 11.8. The molecule has 0 unspecified atom stereocenters. The van der Waals surface area contributed by atoms with E-state index in [0.717, 1.165) is 12.2 Å². The zero-order valence-electron chi connectivity index (χ0n) is 13.2. The first-order valence-electron chi connectivity index (χ1n) is 8.33. The second-order valence-electron chi connectivity index (χ2n) is 6.47. The summed E-state index contributed by atoms with van der Waals surface area (Å²) in [6, 6.07) is 5.89. The Morgan fingerprint density at radius 3 is 2.82 bits per heavy atom. The summed E-state index contributed by atoms with van der Waals surface area (Å²) in [4.78, 5) is 18.5. The summed E-state index contributed by atoms with van der Waals surface area (Å²) in [5.74, 6) is 1.28. The molecule has 1 aromatic heterocycles. The SMILES string of the molecule is CNC(=O)c1cccc(N2C[C@@H](O)C[C@H]2C2CCCCC2)n1. The van der Waals surface area contributed by atoms with Crippen LogP contribution in [0.4, 0.5) is 5.82 Å². The van der Waals surface area contributed by atoms with Crippen LogP contribution in [-0.2, 0) is 0 Å². The lowest BCUT2D eigenvalue weighted by Crippen LogP contribution is -2.37. The second kappa shape index (κ2) is 6.65. The van der Waals surface area contributed by atoms with Gasteiger partial charge in [-0.05, 0) is 37.3 Å². The van der Waals surface area contributed by atoms with Gasteiger partial charge in [0.2, 0.25) is 0 Å². The monoisotopic (exact) mass is 303 g/mol. The molecule has 2 heterocycles. The third kappa shape index (κ3) is 3.09. The van der Waals surface area contributed by atoms with Crippen molar-refractivity contribution in [2.45, 2.75) is 50.7 Å². The molecule has 0 spiro atoms. The molecule has 5 heteroatoms. The minimum Gasteiger partial charge on any atom is -0.391 e. The van der Waals surface area contributed by atoms with Crippen LogP contribution < -0.4 is 10.2 Å². The average Bonchev–Trinajstić information content (AvgIpc) is 2.97. The third-order valence-corrected chi connectivity index (χ3v) is 5.00. The number of aromatic nitrogens is 1. The summed E-state index contributed by atoms with van der Waals surface area (Å²) in [6.07, 6.45) is 6.91. The van der Waals surface area contributed by atoms with Gasteiger partial charge in [-0.15, -0.1) is 0 Å². The Hall–Kier alpha value is -1.62. The Labute approximate surface area is 131 Å². The molecule has 0 aromatic carbocycles. The number of anilines is 1. The van der Waals surface area contributed by atoms with Crippen molar-refractivity contribution < 1.29 is 9.90 Å². The van der Waals surface area contributed by atoms with Gasteiger partial charge in [0.25, 0.3) is 5.91 Å². The lowest BCUT2D eigenvalue weighted by molar-refractivity contribution is 0.0958. The van der Waals surface area contributed by atoms with Gasteiger partial charge < -0.3 is 15.3 Å². The van der Waals surface area contributed by atoms with E-state index in [-0.39, 0.29) is 12.0 Å². The van der Waals surface area contributed by atoms with Crippen molar-refractivity contribution in [1.29, 1.82) is 0 Å². The molecule has 2 aliphatic rings. The van der Waals surface area contributed by atoms with E-state index >= 15 is 0 Å². The van der Waals surface area contributed by atoms with Gasteiger partial charge in [-0.1, -0.05) is 25.3 Å². The minimum atomic E-state index is -0.294. The normalized spacial score (nSPS) is 26.2. The lowest BCUT2D eigenvalue weighted by atomic mass is 9.83. The summed E-state index contributed by atoms with van der Waals surface area (Å²) in [7, 11) is 1.61. The number of carbonyl (C=O) groups excluding carboxylic acids is 1. The molecule has 1 saturated carbocycles. The van der Waals surface area contributed by atoms with Crippen LogP contribution in [-0.4, -0.2) is 41.7 Å². The van der Waals surface area contributed by atoms with E-state index < -0.39 is 0 Å². The molecule has 5 nitrogen and oxygen atoms in total. The Morgan fingerprint density at radius 1 is 1.32 bits per heavy atom. The Balaban J connectivity index is 1.83. The fourth-order valence-corrected chi connectivity index (χ4v) is 3.91. The van der Waals surface area contributed by atoms with Crippen molar-refractivity contribution in [1.82, 2.24) is 10.3 Å². The molecule has 1 aliphatic heterocycles. The molecule has 22 heavy (non-hydrogen) atoms. The minimum absolute atomic E-state index is 0.171. The maximum atomic E-state index is 11.8. The highest BCUT2D eigenvalue weighted by Crippen LogP contribution is 2.36. The lowest BCUT2D eigenvalue weighted by Gasteiger charge is -2.34. The number of carbonyl (C=O) groups is 1. The van der Waals surface area contributed by atoms with E-state index in [2.05, 4.69) is 15.2 Å². The number of aliphatic hydroxyl groups excluding tert-OH is 1. The molecule has 0 bridgehead atoms. The largest absolute Gasteiger partial charge is 0.391 e. The molecular weight excluding hydrogens is 278 g/mol. The number of aliphatic hydroxyl groups is 1. The first kappa shape index (κ1) is 15.3. The molecule has 1 saturated heterocycles. The third-order valence-electron chi connectivity index (χ3n) is 5.00. The average molecular weight is 303 g/mol. The van der Waals surface area contributed by atoms with E-state index in [0.29, 0.717) is 24.2 Å². The van der Waals surface area contributed by atoms with Crippen LogP contribution >= 0.6 is 0 Å². The van der Waals surface area contributed by atoms with Crippen molar-refractivity contribution in [3.05, 3.63) is 23.9 Å². The van der Waals surface area contributed by atoms with Crippen LogP contribution in [0.1, 0.15) is 49.0 Å². The van der Waals surface area contributed by atoms with Gasteiger partial charge in [0.1, 0.15) is 11.5 Å². The summed E-state index contributed by atoms with van der Waals surface area (Å²) in [5, 5.41) is 12.8. The molecule has 2 N–H and O–H groups in total. The first-order valence-corrected chi connectivity index (χ1v) is 8.33. The van der Waals surface area contributed by atoms with Crippen LogP contribution in [0.5, 0.6) is 0 Å². The summed E-state index contributed by atoms with van der Waals surface area (Å²) >= 11 is 0. The van der Waals surface area contributed by atoms with Crippen LogP contribution in [0.2, 0.25) is 0 Å². The van der Waals surface area contributed by atoms with E-state index in [1.54, 1.807) is 13.1 Å². The predicted octanol–water partition coefficient (Wildman–Crippen LogP) is 1.96. The Morgan fingerprint density at radius 2 is 2.09 bits per heavy atom. The molecule has 1 amide bonds. The van der Waals surface area contributed by atoms with Gasteiger partial charge in [-0.25, -0.2) is 4.98 Å². The van der Waals surface area contributed by atoms with E-state index in [9.17, 15) is 9.90 Å². The Bertz CT molecular complexity index is 528. The van der Waals surface area contributed by atoms with Gasteiger partial charge in [0.15, 0.2) is 0 Å². The number of β-amino-alcohol motifs (C(OH)–C–C–N with tert-alkyl or cyclic N) is 1.